The lowest BCUT2D eigenvalue weighted by molar-refractivity contribution is 0.0695. The number of carboxylic acid groups (broad SMARTS) is 1. The number of carbonyl (C=O) groups is 1. The number of hydrogen-bond donors (Lipinski definition) is 2. The first-order valence-corrected chi connectivity index (χ1v) is 8.62. The molecule has 0 spiro atoms. The van der Waals surface area contributed by atoms with E-state index in [0.29, 0.717) is 23.1 Å². The van der Waals surface area contributed by atoms with E-state index >= 15 is 0 Å². The van der Waals surface area contributed by atoms with Crippen LogP contribution in [-0.2, 0) is 0 Å². The van der Waals surface area contributed by atoms with E-state index in [4.69, 9.17) is 5.73 Å². The monoisotopic (exact) mass is 357 g/mol. The predicted octanol–water partition coefficient (Wildman–Crippen LogP) is 1.08. The summed E-state index contributed by atoms with van der Waals surface area (Å²) in [4.78, 5) is 34.8. The zero-order valence-corrected chi connectivity index (χ0v) is 13.9. The van der Waals surface area contributed by atoms with Gasteiger partial charge in [0.25, 0.3) is 0 Å². The summed E-state index contributed by atoms with van der Waals surface area (Å²) in [7, 11) is 0. The lowest BCUT2D eigenvalue weighted by Crippen LogP contribution is -2.27. The molecule has 0 aromatic carbocycles. The molecule has 1 aliphatic rings. The number of aromatic nitrogens is 3. The molecule has 0 saturated carbocycles. The van der Waals surface area contributed by atoms with Crippen LogP contribution in [0.15, 0.2) is 34.7 Å². The van der Waals surface area contributed by atoms with E-state index in [9.17, 15) is 14.7 Å². The number of aromatic carboxylic acids is 1. The zero-order chi connectivity index (χ0) is 17.6. The molecular formula is C16H15N5O3S. The van der Waals surface area contributed by atoms with Crippen molar-refractivity contribution < 1.29 is 9.90 Å². The van der Waals surface area contributed by atoms with Crippen molar-refractivity contribution >= 4 is 34.2 Å². The van der Waals surface area contributed by atoms with Crippen LogP contribution in [0, 0.1) is 0 Å². The molecule has 0 bridgehead atoms. The Hall–Kier alpha value is -2.78. The van der Waals surface area contributed by atoms with E-state index in [1.165, 1.54) is 17.5 Å². The van der Waals surface area contributed by atoms with Gasteiger partial charge in [0.05, 0.1) is 5.39 Å². The van der Waals surface area contributed by atoms with Crippen LogP contribution in [0.3, 0.4) is 0 Å². The van der Waals surface area contributed by atoms with E-state index in [2.05, 4.69) is 14.9 Å². The molecule has 1 atom stereocenters. The Morgan fingerprint density at radius 1 is 1.40 bits per heavy atom. The van der Waals surface area contributed by atoms with Crippen LogP contribution in [0.2, 0.25) is 0 Å². The number of nitrogens with zero attached hydrogens (tertiary/aromatic N) is 4. The third-order valence-electron chi connectivity index (χ3n) is 4.24. The van der Waals surface area contributed by atoms with Gasteiger partial charge in [-0.25, -0.2) is 14.8 Å². The number of carboxylic acids is 1. The molecule has 25 heavy (non-hydrogen) atoms. The molecule has 1 fully saturated rings. The molecule has 1 aliphatic heterocycles. The predicted molar refractivity (Wildman–Crippen MR) is 94.8 cm³/mol. The molecule has 128 valence electrons. The third-order valence-corrected chi connectivity index (χ3v) is 5.01. The zero-order valence-electron chi connectivity index (χ0n) is 13.1. The summed E-state index contributed by atoms with van der Waals surface area (Å²) >= 11 is 1.34. The average Bonchev–Trinajstić information content (AvgIpc) is 3.26. The fourth-order valence-electron chi connectivity index (χ4n) is 3.00. The maximum Gasteiger partial charge on any atom is 0.341 e. The summed E-state index contributed by atoms with van der Waals surface area (Å²) in [6.45, 7) is 1.50. The number of pyridine rings is 2. The van der Waals surface area contributed by atoms with Crippen LogP contribution in [0.5, 0.6) is 0 Å². The molecule has 4 heterocycles. The van der Waals surface area contributed by atoms with Crippen molar-refractivity contribution in [3.63, 3.8) is 0 Å². The van der Waals surface area contributed by atoms with Crippen molar-refractivity contribution in [2.24, 2.45) is 5.73 Å². The Balaban J connectivity index is 1.97. The van der Waals surface area contributed by atoms with Crippen molar-refractivity contribution in [3.8, 4) is 5.13 Å². The molecular weight excluding hydrogens is 342 g/mol. The maximum atomic E-state index is 12.5. The van der Waals surface area contributed by atoms with Gasteiger partial charge in [0.15, 0.2) is 10.8 Å². The van der Waals surface area contributed by atoms with Crippen molar-refractivity contribution in [2.75, 3.05) is 18.0 Å². The molecule has 8 nitrogen and oxygen atoms in total. The van der Waals surface area contributed by atoms with E-state index in [1.807, 2.05) is 0 Å². The number of fused-ring (bicyclic) bond motifs is 1. The minimum absolute atomic E-state index is 0.105. The Bertz CT molecular complexity index is 1010. The van der Waals surface area contributed by atoms with Gasteiger partial charge in [-0.15, -0.1) is 11.3 Å². The molecule has 4 rings (SSSR count). The second-order valence-corrected chi connectivity index (χ2v) is 6.77. The van der Waals surface area contributed by atoms with Crippen LogP contribution in [0.25, 0.3) is 16.2 Å². The Kier molecular flexibility index (Phi) is 3.74. The molecule has 0 radical (unpaired) electrons. The van der Waals surface area contributed by atoms with E-state index < -0.39 is 11.4 Å². The molecule has 0 amide bonds. The van der Waals surface area contributed by atoms with Crippen molar-refractivity contribution in [1.82, 2.24) is 14.5 Å². The molecule has 1 unspecified atom stereocenters. The van der Waals surface area contributed by atoms with Crippen LogP contribution in [0.4, 0.5) is 5.82 Å². The van der Waals surface area contributed by atoms with Gasteiger partial charge in [-0.05, 0) is 18.6 Å². The van der Waals surface area contributed by atoms with Gasteiger partial charge in [-0.1, -0.05) is 0 Å². The van der Waals surface area contributed by atoms with Crippen LogP contribution < -0.4 is 16.1 Å². The van der Waals surface area contributed by atoms with Gasteiger partial charge in [0.2, 0.25) is 5.43 Å². The van der Waals surface area contributed by atoms with Gasteiger partial charge in [0.1, 0.15) is 11.4 Å². The van der Waals surface area contributed by atoms with E-state index in [-0.39, 0.29) is 17.0 Å². The van der Waals surface area contributed by atoms with Gasteiger partial charge in [-0.2, -0.15) is 0 Å². The van der Waals surface area contributed by atoms with Crippen LogP contribution in [-0.4, -0.2) is 44.7 Å². The first-order chi connectivity index (χ1) is 12.0. The SMILES string of the molecule is NC1CCN(c2ccc3c(=O)c(C(=O)O)cn(-c4nccs4)c3n2)C1. The van der Waals surface area contributed by atoms with Gasteiger partial charge in [0, 0.05) is 36.9 Å². The number of rotatable bonds is 3. The average molecular weight is 357 g/mol. The Morgan fingerprint density at radius 3 is 2.88 bits per heavy atom. The largest absolute Gasteiger partial charge is 0.477 e. The van der Waals surface area contributed by atoms with Crippen LogP contribution >= 0.6 is 11.3 Å². The Morgan fingerprint density at radius 2 is 2.24 bits per heavy atom. The fraction of sp³-hybridized carbons (Fsp3) is 0.250. The lowest BCUT2D eigenvalue weighted by atomic mass is 10.2. The fourth-order valence-corrected chi connectivity index (χ4v) is 3.62. The standard InChI is InChI=1S/C16H15N5O3S/c17-9-3-5-20(7-9)12-2-1-10-13(22)11(15(23)24)8-21(14(10)19-12)16-18-4-6-25-16/h1-2,4,6,8-9H,3,5,7,17H2,(H,23,24). The minimum atomic E-state index is -1.27. The number of anilines is 1. The lowest BCUT2D eigenvalue weighted by Gasteiger charge is -2.18. The minimum Gasteiger partial charge on any atom is -0.477 e. The highest BCUT2D eigenvalue weighted by Crippen LogP contribution is 2.23. The van der Waals surface area contributed by atoms with Gasteiger partial charge < -0.3 is 15.7 Å². The summed E-state index contributed by atoms with van der Waals surface area (Å²) in [6.07, 6.45) is 3.79. The van der Waals surface area contributed by atoms with Crippen molar-refractivity contribution in [1.29, 1.82) is 0 Å². The highest BCUT2D eigenvalue weighted by atomic mass is 32.1. The molecule has 3 aromatic heterocycles. The summed E-state index contributed by atoms with van der Waals surface area (Å²) in [5.41, 5.74) is 5.50. The molecule has 3 aromatic rings. The maximum absolute atomic E-state index is 12.5. The number of thiazole rings is 1. The van der Waals surface area contributed by atoms with Gasteiger partial charge >= 0.3 is 5.97 Å². The van der Waals surface area contributed by atoms with Gasteiger partial charge in [-0.3, -0.25) is 9.36 Å². The van der Waals surface area contributed by atoms with Crippen molar-refractivity contribution in [2.45, 2.75) is 12.5 Å². The highest BCUT2D eigenvalue weighted by molar-refractivity contribution is 7.12. The second kappa shape index (κ2) is 5.94. The molecule has 3 N–H and O–H groups in total. The normalized spacial score (nSPS) is 17.3. The molecule has 0 aliphatic carbocycles. The highest BCUT2D eigenvalue weighted by Gasteiger charge is 2.22. The van der Waals surface area contributed by atoms with Crippen LogP contribution in [0.1, 0.15) is 16.8 Å². The van der Waals surface area contributed by atoms with E-state index in [0.717, 1.165) is 13.0 Å². The summed E-state index contributed by atoms with van der Waals surface area (Å²) < 4.78 is 1.56. The quantitative estimate of drug-likeness (QED) is 0.721. The first-order valence-electron chi connectivity index (χ1n) is 7.74. The number of hydrogen-bond acceptors (Lipinski definition) is 7. The summed E-state index contributed by atoms with van der Waals surface area (Å²) in [5.74, 6) is -0.556. The van der Waals surface area contributed by atoms with Crippen molar-refractivity contribution in [3.05, 3.63) is 45.7 Å². The second-order valence-electron chi connectivity index (χ2n) is 5.90. The topological polar surface area (TPSA) is 114 Å². The number of nitrogens with two attached hydrogens (primary N) is 1. The summed E-state index contributed by atoms with van der Waals surface area (Å²) in [6, 6.07) is 3.47. The summed E-state index contributed by atoms with van der Waals surface area (Å²) in [5, 5.41) is 11.9. The molecule has 9 heteroatoms. The molecule has 1 saturated heterocycles. The third kappa shape index (κ3) is 2.67. The first kappa shape index (κ1) is 15.7. The smallest absolute Gasteiger partial charge is 0.341 e. The van der Waals surface area contributed by atoms with E-state index in [1.54, 1.807) is 28.3 Å². The Labute approximate surface area is 146 Å².